The Morgan fingerprint density at radius 2 is 2.04 bits per heavy atom. The minimum Gasteiger partial charge on any atom is -0.367 e. The van der Waals surface area contributed by atoms with Gasteiger partial charge in [-0.05, 0) is 50.7 Å². The second-order valence-corrected chi connectivity index (χ2v) is 7.17. The average molecular weight is 364 g/mol. The Balaban J connectivity index is 1.57. The van der Waals surface area contributed by atoms with Crippen LogP contribution < -0.4 is 5.32 Å². The third-order valence-corrected chi connectivity index (χ3v) is 5.24. The zero-order valence-corrected chi connectivity index (χ0v) is 15.2. The van der Waals surface area contributed by atoms with Crippen LogP contribution in [0.3, 0.4) is 0 Å². The molecule has 0 saturated heterocycles. The quantitative estimate of drug-likeness (QED) is 0.753. The number of nitrogens with one attached hydrogen (secondary N) is 1. The monoisotopic (exact) mass is 364 g/mol. The molecule has 4 rings (SSSR count). The topological polar surface area (TPSA) is 78.9 Å². The van der Waals surface area contributed by atoms with Crippen molar-refractivity contribution in [2.45, 2.75) is 45.1 Å². The summed E-state index contributed by atoms with van der Waals surface area (Å²) in [5.41, 5.74) is 2.28. The summed E-state index contributed by atoms with van der Waals surface area (Å²) < 4.78 is 15.3. The van der Waals surface area contributed by atoms with Crippen molar-refractivity contribution in [1.29, 1.82) is 5.26 Å². The molecule has 1 N–H and O–H groups in total. The highest BCUT2D eigenvalue weighted by molar-refractivity contribution is 5.59. The zero-order chi connectivity index (χ0) is 18.8. The van der Waals surface area contributed by atoms with Crippen molar-refractivity contribution in [3.8, 4) is 17.6 Å². The first-order valence-electron chi connectivity index (χ1n) is 9.24. The van der Waals surface area contributed by atoms with E-state index in [-0.39, 0.29) is 5.82 Å². The molecule has 0 bridgehead atoms. The van der Waals surface area contributed by atoms with Crippen molar-refractivity contribution >= 4 is 11.5 Å². The lowest BCUT2D eigenvalue weighted by Crippen LogP contribution is -2.27. The number of hydrogen-bond donors (Lipinski definition) is 1. The number of aromatic nitrogens is 4. The molecule has 0 aliphatic heterocycles. The molecule has 27 heavy (non-hydrogen) atoms. The van der Waals surface area contributed by atoms with Gasteiger partial charge >= 0.3 is 0 Å². The second kappa shape index (κ2) is 7.31. The Hall–Kier alpha value is -3.01. The maximum atomic E-state index is 13.6. The van der Waals surface area contributed by atoms with Gasteiger partial charge in [-0.3, -0.25) is 4.40 Å². The van der Waals surface area contributed by atoms with Crippen LogP contribution in [-0.4, -0.2) is 25.4 Å². The molecule has 0 radical (unpaired) electrons. The van der Waals surface area contributed by atoms with Gasteiger partial charge in [0.15, 0.2) is 5.82 Å². The second-order valence-electron chi connectivity index (χ2n) is 7.17. The number of hydrogen-bond acceptors (Lipinski definition) is 5. The SMILES string of the molecule is Cc1cnc(-c2cnc3ccc(F)cn23)nc1N[C@H]1CC[C@H](CC#N)CC1. The van der Waals surface area contributed by atoms with Crippen LogP contribution in [0.25, 0.3) is 17.2 Å². The van der Waals surface area contributed by atoms with E-state index in [9.17, 15) is 4.39 Å². The first kappa shape index (κ1) is 17.4. The van der Waals surface area contributed by atoms with Crippen molar-refractivity contribution in [1.82, 2.24) is 19.4 Å². The number of nitriles is 1. The molecule has 1 fully saturated rings. The van der Waals surface area contributed by atoms with E-state index < -0.39 is 0 Å². The molecular formula is C20H21FN6. The van der Waals surface area contributed by atoms with Crippen LogP contribution in [0.2, 0.25) is 0 Å². The van der Waals surface area contributed by atoms with Crippen LogP contribution in [0.4, 0.5) is 10.2 Å². The van der Waals surface area contributed by atoms with Gasteiger partial charge in [0, 0.05) is 30.4 Å². The average Bonchev–Trinajstić information content (AvgIpc) is 3.08. The smallest absolute Gasteiger partial charge is 0.180 e. The van der Waals surface area contributed by atoms with Crippen LogP contribution >= 0.6 is 0 Å². The molecule has 3 aromatic rings. The zero-order valence-electron chi connectivity index (χ0n) is 15.2. The molecule has 3 heterocycles. The van der Waals surface area contributed by atoms with E-state index in [1.54, 1.807) is 22.9 Å². The number of rotatable bonds is 4. The molecule has 3 aromatic heterocycles. The van der Waals surface area contributed by atoms with Crippen molar-refractivity contribution in [2.75, 3.05) is 5.32 Å². The molecule has 7 heteroatoms. The van der Waals surface area contributed by atoms with Crippen molar-refractivity contribution in [3.05, 3.63) is 42.1 Å². The number of fused-ring (bicyclic) bond motifs is 1. The lowest BCUT2D eigenvalue weighted by Gasteiger charge is -2.28. The molecule has 0 aromatic carbocycles. The predicted molar refractivity (Wildman–Crippen MR) is 101 cm³/mol. The summed E-state index contributed by atoms with van der Waals surface area (Å²) >= 11 is 0. The molecule has 138 valence electrons. The number of imidazole rings is 1. The van der Waals surface area contributed by atoms with E-state index in [4.69, 9.17) is 5.26 Å². The van der Waals surface area contributed by atoms with Gasteiger partial charge in [0.05, 0.1) is 12.3 Å². The number of halogens is 1. The van der Waals surface area contributed by atoms with E-state index in [2.05, 4.69) is 26.3 Å². The van der Waals surface area contributed by atoms with Gasteiger partial charge in [-0.1, -0.05) is 0 Å². The largest absolute Gasteiger partial charge is 0.367 e. The number of nitrogens with zero attached hydrogens (tertiary/aromatic N) is 5. The van der Waals surface area contributed by atoms with Gasteiger partial charge in [0.2, 0.25) is 0 Å². The number of aryl methyl sites for hydroxylation is 1. The Morgan fingerprint density at radius 3 is 2.81 bits per heavy atom. The van der Waals surface area contributed by atoms with E-state index in [0.29, 0.717) is 35.5 Å². The summed E-state index contributed by atoms with van der Waals surface area (Å²) in [6, 6.07) is 5.64. The Morgan fingerprint density at radius 1 is 1.22 bits per heavy atom. The standard InChI is InChI=1S/C20H21FN6/c1-13-10-24-20(17-11-23-18-7-4-15(21)12-27(17)18)26-19(13)25-16-5-2-14(3-6-16)8-9-22/h4,7,10-12,14,16H,2-3,5-6,8H2,1H3,(H,24,25,26)/t14-,16-. The normalized spacial score (nSPS) is 19.7. The first-order chi connectivity index (χ1) is 13.1. The van der Waals surface area contributed by atoms with Crippen LogP contribution in [-0.2, 0) is 0 Å². The van der Waals surface area contributed by atoms with Crippen molar-refractivity contribution in [2.24, 2.45) is 5.92 Å². The molecule has 0 spiro atoms. The molecule has 0 atom stereocenters. The fourth-order valence-electron chi connectivity index (χ4n) is 3.67. The molecular weight excluding hydrogens is 343 g/mol. The van der Waals surface area contributed by atoms with Crippen LogP contribution in [0.1, 0.15) is 37.7 Å². The van der Waals surface area contributed by atoms with Crippen LogP contribution in [0, 0.1) is 30.0 Å². The van der Waals surface area contributed by atoms with Crippen LogP contribution in [0.15, 0.2) is 30.7 Å². The van der Waals surface area contributed by atoms with Gasteiger partial charge in [-0.15, -0.1) is 0 Å². The van der Waals surface area contributed by atoms with Gasteiger partial charge < -0.3 is 5.32 Å². The van der Waals surface area contributed by atoms with Gasteiger partial charge in [0.1, 0.15) is 23.0 Å². The lowest BCUT2D eigenvalue weighted by atomic mass is 9.84. The minimum atomic E-state index is -0.332. The summed E-state index contributed by atoms with van der Waals surface area (Å²) in [7, 11) is 0. The summed E-state index contributed by atoms with van der Waals surface area (Å²) in [4.78, 5) is 13.4. The van der Waals surface area contributed by atoms with Gasteiger partial charge in [-0.2, -0.15) is 5.26 Å². The Labute approximate surface area is 157 Å². The molecule has 6 nitrogen and oxygen atoms in total. The Bertz CT molecular complexity index is 997. The maximum absolute atomic E-state index is 13.6. The molecule has 1 aliphatic carbocycles. The highest BCUT2D eigenvalue weighted by Crippen LogP contribution is 2.29. The lowest BCUT2D eigenvalue weighted by molar-refractivity contribution is 0.342. The third-order valence-electron chi connectivity index (χ3n) is 5.24. The number of pyridine rings is 1. The van der Waals surface area contributed by atoms with Gasteiger partial charge in [-0.25, -0.2) is 19.3 Å². The highest BCUT2D eigenvalue weighted by Gasteiger charge is 2.22. The predicted octanol–water partition coefficient (Wildman–Crippen LogP) is 4.12. The molecule has 1 saturated carbocycles. The van der Waals surface area contributed by atoms with E-state index in [1.807, 2.05) is 6.92 Å². The first-order valence-corrected chi connectivity index (χ1v) is 9.24. The third kappa shape index (κ3) is 3.61. The summed E-state index contributed by atoms with van der Waals surface area (Å²) in [6.07, 6.45) is 9.68. The summed E-state index contributed by atoms with van der Waals surface area (Å²) in [5.74, 6) is 1.50. The maximum Gasteiger partial charge on any atom is 0.180 e. The van der Waals surface area contributed by atoms with Crippen molar-refractivity contribution < 1.29 is 4.39 Å². The molecule has 0 unspecified atom stereocenters. The highest BCUT2D eigenvalue weighted by atomic mass is 19.1. The van der Waals surface area contributed by atoms with Crippen LogP contribution in [0.5, 0.6) is 0 Å². The van der Waals surface area contributed by atoms with E-state index >= 15 is 0 Å². The Kier molecular flexibility index (Phi) is 4.71. The number of anilines is 1. The summed E-state index contributed by atoms with van der Waals surface area (Å²) in [5, 5.41) is 12.4. The summed E-state index contributed by atoms with van der Waals surface area (Å²) in [6.45, 7) is 1.97. The molecule has 0 amide bonds. The van der Waals surface area contributed by atoms with E-state index in [0.717, 1.165) is 37.1 Å². The minimum absolute atomic E-state index is 0.332. The van der Waals surface area contributed by atoms with Gasteiger partial charge in [0.25, 0.3) is 0 Å². The fourth-order valence-corrected chi connectivity index (χ4v) is 3.67. The fraction of sp³-hybridized carbons (Fsp3) is 0.400. The van der Waals surface area contributed by atoms with E-state index in [1.165, 1.54) is 12.3 Å². The molecule has 1 aliphatic rings. The van der Waals surface area contributed by atoms with Crippen molar-refractivity contribution in [3.63, 3.8) is 0 Å².